The number of nitrogens with two attached hydrogens (primary N) is 1. The van der Waals surface area contributed by atoms with Gasteiger partial charge < -0.3 is 15.0 Å². The minimum absolute atomic E-state index is 0.649. The number of hydrogen-bond acceptors (Lipinski definition) is 2. The Hall–Kier alpha value is -1.19. The first-order chi connectivity index (χ1) is 8.71. The van der Waals surface area contributed by atoms with E-state index in [2.05, 4.69) is 17.7 Å². The van der Waals surface area contributed by atoms with Crippen LogP contribution in [0.25, 0.3) is 10.9 Å². The molecule has 0 unspecified atom stereocenters. The molecule has 1 heterocycles. The average molecular weight is 267 g/mol. The molecule has 0 saturated carbocycles. The van der Waals surface area contributed by atoms with E-state index in [4.69, 9.17) is 22.1 Å². The van der Waals surface area contributed by atoms with Crippen LogP contribution in [-0.2, 0) is 13.0 Å². The first kappa shape index (κ1) is 13.2. The molecule has 0 fully saturated rings. The van der Waals surface area contributed by atoms with Gasteiger partial charge in [-0.25, -0.2) is 0 Å². The lowest BCUT2D eigenvalue weighted by Gasteiger charge is -2.06. The van der Waals surface area contributed by atoms with E-state index in [9.17, 15) is 0 Å². The van der Waals surface area contributed by atoms with Crippen molar-refractivity contribution in [3.63, 3.8) is 0 Å². The van der Waals surface area contributed by atoms with Gasteiger partial charge in [-0.1, -0.05) is 18.5 Å². The zero-order valence-corrected chi connectivity index (χ0v) is 11.6. The molecule has 3 nitrogen and oxygen atoms in total. The number of nitrogens with zero attached hydrogens (tertiary/aromatic N) is 1. The SMILES string of the molecule is CCCn1cc(CCN)c2cc(OC)c(Cl)cc21. The summed E-state index contributed by atoms with van der Waals surface area (Å²) in [5.74, 6) is 0.719. The third-order valence-electron chi connectivity index (χ3n) is 3.12. The second-order valence-electron chi connectivity index (χ2n) is 4.39. The van der Waals surface area contributed by atoms with Crippen LogP contribution >= 0.6 is 11.6 Å². The Bertz CT molecular complexity index is 548. The summed E-state index contributed by atoms with van der Waals surface area (Å²) < 4.78 is 7.52. The zero-order chi connectivity index (χ0) is 13.1. The fraction of sp³-hybridized carbons (Fsp3) is 0.429. The molecular formula is C14H19ClN2O. The second-order valence-corrected chi connectivity index (χ2v) is 4.80. The first-order valence-electron chi connectivity index (χ1n) is 6.26. The van der Waals surface area contributed by atoms with Crippen molar-refractivity contribution in [1.29, 1.82) is 0 Å². The Kier molecular flexibility index (Phi) is 4.15. The third kappa shape index (κ3) is 2.33. The van der Waals surface area contributed by atoms with E-state index in [-0.39, 0.29) is 0 Å². The lowest BCUT2D eigenvalue weighted by molar-refractivity contribution is 0.415. The van der Waals surface area contributed by atoms with Crippen LogP contribution in [0.1, 0.15) is 18.9 Å². The van der Waals surface area contributed by atoms with Gasteiger partial charge in [-0.3, -0.25) is 0 Å². The van der Waals surface area contributed by atoms with Gasteiger partial charge in [0.05, 0.1) is 17.6 Å². The Morgan fingerprint density at radius 3 is 2.78 bits per heavy atom. The van der Waals surface area contributed by atoms with Crippen LogP contribution < -0.4 is 10.5 Å². The van der Waals surface area contributed by atoms with E-state index < -0.39 is 0 Å². The van der Waals surface area contributed by atoms with E-state index in [0.717, 1.165) is 30.7 Å². The molecule has 0 aliphatic heterocycles. The van der Waals surface area contributed by atoms with Crippen LogP contribution in [0, 0.1) is 0 Å². The van der Waals surface area contributed by atoms with Gasteiger partial charge in [-0.2, -0.15) is 0 Å². The van der Waals surface area contributed by atoms with E-state index in [1.165, 1.54) is 10.9 Å². The number of aromatic nitrogens is 1. The largest absolute Gasteiger partial charge is 0.495 e. The van der Waals surface area contributed by atoms with E-state index in [1.807, 2.05) is 12.1 Å². The summed E-state index contributed by atoms with van der Waals surface area (Å²) >= 11 is 6.20. The smallest absolute Gasteiger partial charge is 0.138 e. The number of rotatable bonds is 5. The lowest BCUT2D eigenvalue weighted by atomic mass is 10.1. The number of aryl methyl sites for hydroxylation is 1. The van der Waals surface area contributed by atoms with Gasteiger partial charge in [-0.15, -0.1) is 0 Å². The summed E-state index contributed by atoms with van der Waals surface area (Å²) in [4.78, 5) is 0. The molecule has 2 aromatic rings. The number of halogens is 1. The molecule has 0 bridgehead atoms. The normalized spacial score (nSPS) is 11.1. The fourth-order valence-corrected chi connectivity index (χ4v) is 2.54. The van der Waals surface area contributed by atoms with Crippen molar-refractivity contribution in [1.82, 2.24) is 4.57 Å². The minimum atomic E-state index is 0.649. The maximum absolute atomic E-state index is 6.20. The predicted octanol–water partition coefficient (Wildman–Crippen LogP) is 3.21. The minimum Gasteiger partial charge on any atom is -0.495 e. The van der Waals surface area contributed by atoms with Crippen molar-refractivity contribution in [3.05, 3.63) is 28.9 Å². The van der Waals surface area contributed by atoms with Gasteiger partial charge in [0.15, 0.2) is 0 Å². The van der Waals surface area contributed by atoms with Crippen molar-refractivity contribution in [2.75, 3.05) is 13.7 Å². The molecule has 0 aliphatic rings. The Morgan fingerprint density at radius 1 is 1.39 bits per heavy atom. The molecule has 0 saturated heterocycles. The van der Waals surface area contributed by atoms with E-state index in [0.29, 0.717) is 11.6 Å². The number of methoxy groups -OCH3 is 1. The molecule has 98 valence electrons. The standard InChI is InChI=1S/C14H19ClN2O/c1-3-6-17-9-10(4-5-16)11-7-14(18-2)12(15)8-13(11)17/h7-9H,3-6,16H2,1-2H3. The van der Waals surface area contributed by atoms with Crippen LogP contribution in [0.2, 0.25) is 5.02 Å². The van der Waals surface area contributed by atoms with E-state index >= 15 is 0 Å². The maximum atomic E-state index is 6.20. The number of hydrogen-bond donors (Lipinski definition) is 1. The summed E-state index contributed by atoms with van der Waals surface area (Å²) in [5.41, 5.74) is 8.09. The summed E-state index contributed by atoms with van der Waals surface area (Å²) in [6, 6.07) is 3.99. The summed E-state index contributed by atoms with van der Waals surface area (Å²) in [6.45, 7) is 3.81. The van der Waals surface area contributed by atoms with Crippen molar-refractivity contribution >= 4 is 22.5 Å². The van der Waals surface area contributed by atoms with Crippen LogP contribution in [0.4, 0.5) is 0 Å². The number of ether oxygens (including phenoxy) is 1. The third-order valence-corrected chi connectivity index (χ3v) is 3.41. The Balaban J connectivity index is 2.62. The molecule has 0 radical (unpaired) electrons. The van der Waals surface area contributed by atoms with Gasteiger partial charge >= 0.3 is 0 Å². The molecule has 2 rings (SSSR count). The predicted molar refractivity (Wildman–Crippen MR) is 76.5 cm³/mol. The summed E-state index contributed by atoms with van der Waals surface area (Å²) in [5, 5.41) is 1.84. The molecule has 1 aromatic heterocycles. The van der Waals surface area contributed by atoms with Gasteiger partial charge in [0.1, 0.15) is 5.75 Å². The average Bonchev–Trinajstić information content (AvgIpc) is 2.67. The molecule has 0 aliphatic carbocycles. The van der Waals surface area contributed by atoms with Gasteiger partial charge in [-0.05, 0) is 37.1 Å². The topological polar surface area (TPSA) is 40.2 Å². The first-order valence-corrected chi connectivity index (χ1v) is 6.64. The molecule has 2 N–H and O–H groups in total. The number of benzene rings is 1. The van der Waals surface area contributed by atoms with Gasteiger partial charge in [0.25, 0.3) is 0 Å². The monoisotopic (exact) mass is 266 g/mol. The van der Waals surface area contributed by atoms with Crippen molar-refractivity contribution in [2.24, 2.45) is 5.73 Å². The molecule has 4 heteroatoms. The molecule has 18 heavy (non-hydrogen) atoms. The Morgan fingerprint density at radius 2 is 2.17 bits per heavy atom. The summed E-state index contributed by atoms with van der Waals surface area (Å²) in [7, 11) is 1.64. The van der Waals surface area contributed by atoms with Crippen LogP contribution in [0.3, 0.4) is 0 Å². The highest BCUT2D eigenvalue weighted by molar-refractivity contribution is 6.32. The van der Waals surface area contributed by atoms with Crippen LogP contribution in [-0.4, -0.2) is 18.2 Å². The molecule has 1 aromatic carbocycles. The van der Waals surface area contributed by atoms with Gasteiger partial charge in [0.2, 0.25) is 0 Å². The van der Waals surface area contributed by atoms with Gasteiger partial charge in [0, 0.05) is 18.1 Å². The Labute approximate surface area is 112 Å². The second kappa shape index (κ2) is 5.63. The zero-order valence-electron chi connectivity index (χ0n) is 10.9. The maximum Gasteiger partial charge on any atom is 0.138 e. The van der Waals surface area contributed by atoms with Crippen LogP contribution in [0.15, 0.2) is 18.3 Å². The highest BCUT2D eigenvalue weighted by Crippen LogP contribution is 2.33. The molecule has 0 amide bonds. The lowest BCUT2D eigenvalue weighted by Crippen LogP contribution is -2.02. The van der Waals surface area contributed by atoms with Crippen molar-refractivity contribution < 1.29 is 4.74 Å². The highest BCUT2D eigenvalue weighted by atomic mass is 35.5. The van der Waals surface area contributed by atoms with Crippen molar-refractivity contribution in [2.45, 2.75) is 26.3 Å². The molecule has 0 spiro atoms. The molecule has 0 atom stereocenters. The quantitative estimate of drug-likeness (QED) is 0.903. The fourth-order valence-electron chi connectivity index (χ4n) is 2.30. The van der Waals surface area contributed by atoms with E-state index in [1.54, 1.807) is 7.11 Å². The van der Waals surface area contributed by atoms with Crippen LogP contribution in [0.5, 0.6) is 5.75 Å². The molecular weight excluding hydrogens is 248 g/mol. The highest BCUT2D eigenvalue weighted by Gasteiger charge is 2.11. The number of fused-ring (bicyclic) bond motifs is 1. The van der Waals surface area contributed by atoms with Crippen molar-refractivity contribution in [3.8, 4) is 5.75 Å². The summed E-state index contributed by atoms with van der Waals surface area (Å²) in [6.07, 6.45) is 4.14.